The highest BCUT2D eigenvalue weighted by molar-refractivity contribution is 8.01. The Balaban J connectivity index is 1.46. The van der Waals surface area contributed by atoms with Crippen molar-refractivity contribution in [3.05, 3.63) is 0 Å². The number of hydrogen-bond donors (Lipinski definition) is 2. The predicted molar refractivity (Wildman–Crippen MR) is 82.2 cm³/mol. The highest BCUT2D eigenvalue weighted by Crippen LogP contribution is 2.31. The molecule has 0 aliphatic heterocycles. The van der Waals surface area contributed by atoms with Crippen molar-refractivity contribution in [2.45, 2.75) is 54.4 Å². The summed E-state index contributed by atoms with van der Waals surface area (Å²) in [5.41, 5.74) is -0.641. The fourth-order valence-corrected chi connectivity index (χ4v) is 4.03. The zero-order valence-electron chi connectivity index (χ0n) is 11.6. The van der Waals surface area contributed by atoms with E-state index >= 15 is 0 Å². The minimum Gasteiger partial charge on any atom is -0.357 e. The van der Waals surface area contributed by atoms with Crippen LogP contribution in [0.2, 0.25) is 0 Å². The number of carbonyl (C=O) groups is 1. The molecule has 0 aromatic carbocycles. The minimum atomic E-state index is -0.641. The summed E-state index contributed by atoms with van der Waals surface area (Å²) >= 11 is 2.85. The Bertz CT molecular complexity index is 557. The first-order valence-corrected chi connectivity index (χ1v) is 8.94. The number of nitrogens with zero attached hydrogens (tertiary/aromatic N) is 3. The molecule has 1 heterocycles. The maximum absolute atomic E-state index is 12.0. The van der Waals surface area contributed by atoms with Crippen molar-refractivity contribution in [2.75, 3.05) is 11.1 Å². The van der Waals surface area contributed by atoms with Gasteiger partial charge in [-0.05, 0) is 38.5 Å². The van der Waals surface area contributed by atoms with Crippen LogP contribution in [0.3, 0.4) is 0 Å². The van der Waals surface area contributed by atoms with E-state index in [1.165, 1.54) is 35.9 Å². The lowest BCUT2D eigenvalue weighted by Crippen LogP contribution is -2.45. The summed E-state index contributed by atoms with van der Waals surface area (Å²) in [6.45, 7) is 0. The fraction of sp³-hybridized carbons (Fsp3) is 0.692. The molecule has 2 aliphatic carbocycles. The summed E-state index contributed by atoms with van der Waals surface area (Å²) in [6, 6.07) is 2.82. The Morgan fingerprint density at radius 1 is 1.43 bits per heavy atom. The molecule has 2 saturated carbocycles. The van der Waals surface area contributed by atoms with E-state index in [1.54, 1.807) is 0 Å². The van der Waals surface area contributed by atoms with Gasteiger partial charge in [-0.15, -0.1) is 10.2 Å². The molecular weight excluding hydrogens is 306 g/mol. The summed E-state index contributed by atoms with van der Waals surface area (Å²) in [5, 5.41) is 24.4. The van der Waals surface area contributed by atoms with Crippen molar-refractivity contribution >= 4 is 34.1 Å². The molecule has 6 nitrogen and oxygen atoms in total. The van der Waals surface area contributed by atoms with Crippen molar-refractivity contribution in [2.24, 2.45) is 0 Å². The Morgan fingerprint density at radius 2 is 2.19 bits per heavy atom. The molecule has 21 heavy (non-hydrogen) atoms. The maximum Gasteiger partial charge on any atom is 0.231 e. The maximum atomic E-state index is 12.0. The molecule has 8 heteroatoms. The van der Waals surface area contributed by atoms with E-state index in [1.807, 2.05) is 0 Å². The quantitative estimate of drug-likeness (QED) is 0.780. The largest absolute Gasteiger partial charge is 0.357 e. The molecule has 0 spiro atoms. The molecule has 0 saturated heterocycles. The summed E-state index contributed by atoms with van der Waals surface area (Å²) in [4.78, 5) is 12.0. The zero-order chi connectivity index (χ0) is 14.7. The number of hydrogen-bond acceptors (Lipinski definition) is 7. The highest BCUT2D eigenvalue weighted by Gasteiger charge is 2.35. The van der Waals surface area contributed by atoms with Crippen LogP contribution in [0.25, 0.3) is 0 Å². The second kappa shape index (κ2) is 6.20. The van der Waals surface area contributed by atoms with Crippen LogP contribution in [-0.2, 0) is 4.79 Å². The lowest BCUT2D eigenvalue weighted by molar-refractivity contribution is -0.119. The number of carbonyl (C=O) groups excluding carboxylic acids is 1. The molecule has 0 bridgehead atoms. The van der Waals surface area contributed by atoms with Gasteiger partial charge in [0, 0.05) is 6.04 Å². The Morgan fingerprint density at radius 3 is 2.86 bits per heavy atom. The van der Waals surface area contributed by atoms with Gasteiger partial charge in [0.15, 0.2) is 4.34 Å². The molecular formula is C13H17N5OS2. The molecule has 0 unspecified atom stereocenters. The van der Waals surface area contributed by atoms with Crippen LogP contribution in [0, 0.1) is 11.3 Å². The van der Waals surface area contributed by atoms with Crippen molar-refractivity contribution in [1.29, 1.82) is 5.26 Å². The van der Waals surface area contributed by atoms with Crippen LogP contribution in [-0.4, -0.2) is 33.4 Å². The van der Waals surface area contributed by atoms with E-state index < -0.39 is 5.54 Å². The van der Waals surface area contributed by atoms with Gasteiger partial charge in [0.1, 0.15) is 5.54 Å². The summed E-state index contributed by atoms with van der Waals surface area (Å²) in [6.07, 6.45) is 5.92. The third-order valence-corrected chi connectivity index (χ3v) is 5.68. The molecule has 3 rings (SSSR count). The van der Waals surface area contributed by atoms with Crippen LogP contribution in [0.5, 0.6) is 0 Å². The molecule has 112 valence electrons. The summed E-state index contributed by atoms with van der Waals surface area (Å²) in [5.74, 6) is 0.178. The first kappa shape index (κ1) is 14.6. The number of thioether (sulfide) groups is 1. The van der Waals surface area contributed by atoms with E-state index in [0.29, 0.717) is 6.04 Å². The van der Waals surface area contributed by atoms with Gasteiger partial charge in [0.25, 0.3) is 0 Å². The fourth-order valence-electron chi connectivity index (χ4n) is 2.40. The van der Waals surface area contributed by atoms with Gasteiger partial charge in [-0.3, -0.25) is 4.79 Å². The third kappa shape index (κ3) is 3.86. The first-order chi connectivity index (χ1) is 10.2. The van der Waals surface area contributed by atoms with Crippen molar-refractivity contribution in [1.82, 2.24) is 15.5 Å². The monoisotopic (exact) mass is 323 g/mol. The van der Waals surface area contributed by atoms with Gasteiger partial charge < -0.3 is 10.6 Å². The van der Waals surface area contributed by atoms with Crippen LogP contribution in [0.4, 0.5) is 5.13 Å². The van der Waals surface area contributed by atoms with E-state index in [4.69, 9.17) is 0 Å². The van der Waals surface area contributed by atoms with E-state index in [-0.39, 0.29) is 11.7 Å². The molecule has 0 radical (unpaired) electrons. The van der Waals surface area contributed by atoms with Crippen LogP contribution in [0.15, 0.2) is 4.34 Å². The van der Waals surface area contributed by atoms with E-state index in [2.05, 4.69) is 26.9 Å². The number of anilines is 1. The smallest absolute Gasteiger partial charge is 0.231 e. The molecule has 2 aliphatic rings. The minimum absolute atomic E-state index is 0.102. The molecule has 1 aromatic heterocycles. The second-order valence-corrected chi connectivity index (χ2v) is 7.73. The number of amides is 1. The number of nitrogens with one attached hydrogen (secondary N) is 2. The number of nitriles is 1. The lowest BCUT2D eigenvalue weighted by Gasteiger charge is -2.21. The predicted octanol–water partition coefficient (Wildman–Crippen LogP) is 2.16. The van der Waals surface area contributed by atoms with Crippen molar-refractivity contribution in [3.63, 3.8) is 0 Å². The SMILES string of the molecule is N#CC1(NC(=O)CSc2nnc(NC3CC3)s2)CCCC1. The number of aromatic nitrogens is 2. The van der Waals surface area contributed by atoms with Gasteiger partial charge >= 0.3 is 0 Å². The average molecular weight is 323 g/mol. The topological polar surface area (TPSA) is 90.7 Å². The Labute approximate surface area is 131 Å². The van der Waals surface area contributed by atoms with Gasteiger partial charge in [0.05, 0.1) is 11.8 Å². The van der Waals surface area contributed by atoms with Crippen LogP contribution < -0.4 is 10.6 Å². The average Bonchev–Trinajstić information content (AvgIpc) is 2.99. The van der Waals surface area contributed by atoms with Crippen LogP contribution >= 0.6 is 23.1 Å². The Kier molecular flexibility index (Phi) is 4.31. The molecule has 1 aromatic rings. The van der Waals surface area contributed by atoms with Gasteiger partial charge in [0.2, 0.25) is 11.0 Å². The van der Waals surface area contributed by atoms with Crippen LogP contribution in [0.1, 0.15) is 38.5 Å². The molecule has 2 N–H and O–H groups in total. The molecule has 0 atom stereocenters. The summed E-state index contributed by atoms with van der Waals surface area (Å²) < 4.78 is 0.783. The van der Waals surface area contributed by atoms with Crippen molar-refractivity contribution in [3.8, 4) is 6.07 Å². The van der Waals surface area contributed by atoms with Crippen molar-refractivity contribution < 1.29 is 4.79 Å². The lowest BCUT2D eigenvalue weighted by atomic mass is 10.0. The third-order valence-electron chi connectivity index (χ3n) is 3.69. The van der Waals surface area contributed by atoms with E-state index in [9.17, 15) is 10.1 Å². The summed E-state index contributed by atoms with van der Waals surface area (Å²) in [7, 11) is 0. The number of rotatable bonds is 6. The normalized spacial score (nSPS) is 20.0. The van der Waals surface area contributed by atoms with Gasteiger partial charge in [-0.25, -0.2) is 0 Å². The molecule has 2 fully saturated rings. The van der Waals surface area contributed by atoms with Gasteiger partial charge in [-0.2, -0.15) is 5.26 Å². The van der Waals surface area contributed by atoms with Gasteiger partial charge in [-0.1, -0.05) is 23.1 Å². The zero-order valence-corrected chi connectivity index (χ0v) is 13.2. The molecule has 1 amide bonds. The first-order valence-electron chi connectivity index (χ1n) is 7.14. The second-order valence-electron chi connectivity index (χ2n) is 5.53. The highest BCUT2D eigenvalue weighted by atomic mass is 32.2. The standard InChI is InChI=1S/C13H17N5OS2/c14-8-13(5-1-2-6-13)16-10(19)7-20-12-18-17-11(21-12)15-9-3-4-9/h9H,1-7H2,(H,15,17)(H,16,19). The Hall–Kier alpha value is -1.33. The van der Waals surface area contributed by atoms with E-state index in [0.717, 1.165) is 35.2 Å².